The van der Waals surface area contributed by atoms with Crippen LogP contribution in [0.5, 0.6) is 0 Å². The largest absolute Gasteiger partial charge is 0.389 e. The van der Waals surface area contributed by atoms with E-state index < -0.39 is 6.10 Å². The lowest BCUT2D eigenvalue weighted by molar-refractivity contribution is 0.199. The molecule has 1 aliphatic rings. The summed E-state index contributed by atoms with van der Waals surface area (Å²) in [6.45, 7) is 3.33. The third-order valence-corrected chi connectivity index (χ3v) is 3.68. The van der Waals surface area contributed by atoms with Crippen LogP contribution in [0.1, 0.15) is 25.0 Å². The fourth-order valence-electron chi connectivity index (χ4n) is 2.57. The lowest BCUT2D eigenvalue weighted by atomic mass is 10.1. The molecule has 0 aromatic heterocycles. The Balaban J connectivity index is 2.29. The average molecular weight is 252 g/mol. The highest BCUT2D eigenvalue weighted by Gasteiger charge is 2.28. The number of rotatable bonds is 3. The van der Waals surface area contributed by atoms with Crippen molar-refractivity contribution in [1.82, 2.24) is 4.90 Å². The van der Waals surface area contributed by atoms with Gasteiger partial charge in [0.15, 0.2) is 0 Å². The van der Waals surface area contributed by atoms with Crippen molar-refractivity contribution < 1.29 is 9.50 Å². The van der Waals surface area contributed by atoms with Crippen molar-refractivity contribution >= 4 is 5.69 Å². The Labute approximate surface area is 108 Å². The van der Waals surface area contributed by atoms with Gasteiger partial charge in [0, 0.05) is 24.7 Å². The van der Waals surface area contributed by atoms with E-state index >= 15 is 0 Å². The molecule has 100 valence electrons. The average Bonchev–Trinajstić information content (AvgIpc) is 2.77. The topological polar surface area (TPSA) is 26.7 Å². The van der Waals surface area contributed by atoms with Gasteiger partial charge >= 0.3 is 0 Å². The van der Waals surface area contributed by atoms with E-state index in [2.05, 4.69) is 4.90 Å². The molecule has 4 heteroatoms. The minimum atomic E-state index is -0.644. The number of likely N-dealkylation sites (N-methyl/N-ethyl adjacent to an activating group) is 1. The highest BCUT2D eigenvalue weighted by molar-refractivity contribution is 5.56. The highest BCUT2D eigenvalue weighted by Crippen LogP contribution is 2.32. The Morgan fingerprint density at radius 1 is 1.44 bits per heavy atom. The van der Waals surface area contributed by atoms with Crippen LogP contribution in [0.25, 0.3) is 0 Å². The lowest BCUT2D eigenvalue weighted by Crippen LogP contribution is -2.32. The van der Waals surface area contributed by atoms with Gasteiger partial charge in [-0.2, -0.15) is 0 Å². The van der Waals surface area contributed by atoms with Gasteiger partial charge in [-0.3, -0.25) is 0 Å². The second kappa shape index (κ2) is 5.24. The van der Waals surface area contributed by atoms with Crippen LogP contribution in [0.15, 0.2) is 18.2 Å². The van der Waals surface area contributed by atoms with Crippen molar-refractivity contribution in [1.29, 1.82) is 0 Å². The fraction of sp³-hybridized carbons (Fsp3) is 0.571. The molecule has 0 spiro atoms. The van der Waals surface area contributed by atoms with Gasteiger partial charge < -0.3 is 14.9 Å². The number of benzene rings is 1. The molecular weight excluding hydrogens is 231 g/mol. The van der Waals surface area contributed by atoms with Crippen LogP contribution in [0.4, 0.5) is 10.1 Å². The molecule has 1 unspecified atom stereocenters. The minimum absolute atomic E-state index is 0.243. The molecule has 1 fully saturated rings. The summed E-state index contributed by atoms with van der Waals surface area (Å²) in [7, 11) is 4.09. The molecule has 2 rings (SSSR count). The number of para-hydroxylation sites is 1. The van der Waals surface area contributed by atoms with Crippen molar-refractivity contribution in [3.05, 3.63) is 29.6 Å². The van der Waals surface area contributed by atoms with Crippen LogP contribution in [0.2, 0.25) is 0 Å². The van der Waals surface area contributed by atoms with E-state index in [1.807, 2.05) is 19.0 Å². The molecule has 1 N–H and O–H groups in total. The van der Waals surface area contributed by atoms with E-state index in [0.29, 0.717) is 17.3 Å². The van der Waals surface area contributed by atoms with Gasteiger partial charge in [0.2, 0.25) is 0 Å². The summed E-state index contributed by atoms with van der Waals surface area (Å²) >= 11 is 0. The predicted molar refractivity (Wildman–Crippen MR) is 71.3 cm³/mol. The van der Waals surface area contributed by atoms with Gasteiger partial charge in [-0.15, -0.1) is 0 Å². The molecule has 3 nitrogen and oxygen atoms in total. The van der Waals surface area contributed by atoms with Crippen LogP contribution in [0.3, 0.4) is 0 Å². The summed E-state index contributed by atoms with van der Waals surface area (Å²) in [5.41, 5.74) is 1.24. The fourth-order valence-corrected chi connectivity index (χ4v) is 2.57. The zero-order chi connectivity index (χ0) is 13.3. The van der Waals surface area contributed by atoms with Gasteiger partial charge in [-0.1, -0.05) is 12.1 Å². The summed E-state index contributed by atoms with van der Waals surface area (Å²) < 4.78 is 14.0. The second-order valence-electron chi connectivity index (χ2n) is 5.21. The third kappa shape index (κ3) is 2.49. The van der Waals surface area contributed by atoms with Crippen LogP contribution >= 0.6 is 0 Å². The molecule has 18 heavy (non-hydrogen) atoms. The Bertz CT molecular complexity index is 420. The molecule has 1 aromatic rings. The smallest absolute Gasteiger partial charge is 0.146 e. The molecule has 1 heterocycles. The first-order valence-corrected chi connectivity index (χ1v) is 6.38. The Morgan fingerprint density at radius 3 is 2.72 bits per heavy atom. The van der Waals surface area contributed by atoms with E-state index in [4.69, 9.17) is 0 Å². The molecule has 1 saturated heterocycles. The van der Waals surface area contributed by atoms with Crippen LogP contribution in [0, 0.1) is 5.82 Å². The molecule has 0 bridgehead atoms. The van der Waals surface area contributed by atoms with Gasteiger partial charge in [0.25, 0.3) is 0 Å². The van der Waals surface area contributed by atoms with Gasteiger partial charge in [0.1, 0.15) is 5.82 Å². The molecule has 1 aromatic carbocycles. The van der Waals surface area contributed by atoms with Gasteiger partial charge in [0.05, 0.1) is 11.8 Å². The maximum Gasteiger partial charge on any atom is 0.146 e. The SMILES string of the molecule is C[C@H](O)c1cccc(F)c1N1CCC(N(C)C)C1. The first kappa shape index (κ1) is 13.3. The first-order chi connectivity index (χ1) is 8.50. The zero-order valence-electron chi connectivity index (χ0n) is 11.2. The van der Waals surface area contributed by atoms with Crippen LogP contribution in [-0.2, 0) is 0 Å². The summed E-state index contributed by atoms with van der Waals surface area (Å²) in [4.78, 5) is 4.21. The van der Waals surface area contributed by atoms with E-state index in [-0.39, 0.29) is 5.82 Å². The maximum atomic E-state index is 14.0. The third-order valence-electron chi connectivity index (χ3n) is 3.68. The number of anilines is 1. The standard InChI is InChI=1S/C14H21FN2O/c1-10(18)12-5-4-6-13(15)14(12)17-8-7-11(9-17)16(2)3/h4-6,10-11,18H,7-9H2,1-3H3/t10-,11?/m0/s1. The van der Waals surface area contributed by atoms with E-state index in [9.17, 15) is 9.50 Å². The van der Waals surface area contributed by atoms with Gasteiger partial charge in [-0.05, 0) is 33.5 Å². The molecular formula is C14H21FN2O. The monoisotopic (exact) mass is 252 g/mol. The first-order valence-electron chi connectivity index (χ1n) is 6.38. The van der Waals surface area contributed by atoms with Crippen molar-refractivity contribution in [2.24, 2.45) is 0 Å². The molecule has 2 atom stereocenters. The normalized spacial score (nSPS) is 21.7. The Morgan fingerprint density at radius 2 is 2.17 bits per heavy atom. The number of aliphatic hydroxyl groups is 1. The summed E-state index contributed by atoms with van der Waals surface area (Å²) in [6.07, 6.45) is 0.384. The summed E-state index contributed by atoms with van der Waals surface area (Å²) in [5, 5.41) is 9.76. The molecule has 0 saturated carbocycles. The Kier molecular flexibility index (Phi) is 3.88. The maximum absolute atomic E-state index is 14.0. The minimum Gasteiger partial charge on any atom is -0.389 e. The molecule has 0 radical (unpaired) electrons. The Hall–Kier alpha value is -1.13. The zero-order valence-corrected chi connectivity index (χ0v) is 11.2. The molecule has 0 aliphatic carbocycles. The van der Waals surface area contributed by atoms with E-state index in [1.165, 1.54) is 6.07 Å². The molecule has 1 aliphatic heterocycles. The highest BCUT2D eigenvalue weighted by atomic mass is 19.1. The van der Waals surface area contributed by atoms with Gasteiger partial charge in [-0.25, -0.2) is 4.39 Å². The number of hydrogen-bond acceptors (Lipinski definition) is 3. The second-order valence-corrected chi connectivity index (χ2v) is 5.21. The van der Waals surface area contributed by atoms with Crippen molar-refractivity contribution in [2.45, 2.75) is 25.5 Å². The van der Waals surface area contributed by atoms with Crippen molar-refractivity contribution in [2.75, 3.05) is 32.1 Å². The lowest BCUT2D eigenvalue weighted by Gasteiger charge is -2.25. The van der Waals surface area contributed by atoms with Crippen LogP contribution < -0.4 is 4.90 Å². The number of nitrogens with zero attached hydrogens (tertiary/aromatic N) is 2. The molecule has 0 amide bonds. The van der Waals surface area contributed by atoms with E-state index in [1.54, 1.807) is 19.1 Å². The van der Waals surface area contributed by atoms with E-state index in [0.717, 1.165) is 19.5 Å². The summed E-state index contributed by atoms with van der Waals surface area (Å²) in [5.74, 6) is -0.243. The quantitative estimate of drug-likeness (QED) is 0.891. The van der Waals surface area contributed by atoms with Crippen molar-refractivity contribution in [3.63, 3.8) is 0 Å². The van der Waals surface area contributed by atoms with Crippen LogP contribution in [-0.4, -0.2) is 43.2 Å². The number of halogens is 1. The summed E-state index contributed by atoms with van der Waals surface area (Å²) in [6, 6.07) is 5.36. The number of hydrogen-bond donors (Lipinski definition) is 1. The van der Waals surface area contributed by atoms with Crippen molar-refractivity contribution in [3.8, 4) is 0 Å². The number of aliphatic hydroxyl groups excluding tert-OH is 1. The predicted octanol–water partition coefficient (Wildman–Crippen LogP) is 2.02.